The van der Waals surface area contributed by atoms with E-state index in [-0.39, 0.29) is 5.91 Å². The van der Waals surface area contributed by atoms with Crippen molar-refractivity contribution in [3.8, 4) is 11.9 Å². The quantitative estimate of drug-likeness (QED) is 0.776. The lowest BCUT2D eigenvalue weighted by molar-refractivity contribution is -0.116. The molecule has 8 nitrogen and oxygen atoms in total. The standard InChI is InChI=1S/C20H24N6O2S/c1-28-19-13-22-12-17(23-19)26-9-7-25(8-10-26)6-5-18(27)24-20-15(11-21)14-3-2-4-16(14)29-20/h12-13H,2-10H2,1H3,(H,24,27). The van der Waals surface area contributed by atoms with E-state index in [2.05, 4.69) is 31.2 Å². The van der Waals surface area contributed by atoms with E-state index in [0.29, 0.717) is 24.4 Å². The predicted octanol–water partition coefficient (Wildman–Crippen LogP) is 2.06. The summed E-state index contributed by atoms with van der Waals surface area (Å²) in [7, 11) is 1.58. The van der Waals surface area contributed by atoms with Crippen molar-refractivity contribution in [1.29, 1.82) is 5.26 Å². The maximum Gasteiger partial charge on any atom is 0.233 e. The van der Waals surface area contributed by atoms with Gasteiger partial charge in [-0.2, -0.15) is 10.2 Å². The number of nitriles is 1. The van der Waals surface area contributed by atoms with Gasteiger partial charge in [-0.1, -0.05) is 0 Å². The van der Waals surface area contributed by atoms with E-state index >= 15 is 0 Å². The second-order valence-electron chi connectivity index (χ2n) is 7.22. The molecule has 9 heteroatoms. The average molecular weight is 413 g/mol. The van der Waals surface area contributed by atoms with Gasteiger partial charge in [0.2, 0.25) is 11.8 Å². The second kappa shape index (κ2) is 8.76. The number of nitrogens with zero attached hydrogens (tertiary/aromatic N) is 5. The number of fused-ring (bicyclic) bond motifs is 1. The Bertz CT molecular complexity index is 930. The number of carbonyl (C=O) groups excluding carboxylic acids is 1. The lowest BCUT2D eigenvalue weighted by atomic mass is 10.1. The zero-order chi connectivity index (χ0) is 20.2. The van der Waals surface area contributed by atoms with Gasteiger partial charge in [0.05, 0.1) is 25.1 Å². The number of nitrogens with one attached hydrogen (secondary N) is 1. The van der Waals surface area contributed by atoms with E-state index in [1.807, 2.05) is 0 Å². The van der Waals surface area contributed by atoms with Crippen molar-refractivity contribution >= 4 is 28.1 Å². The summed E-state index contributed by atoms with van der Waals surface area (Å²) in [4.78, 5) is 26.7. The van der Waals surface area contributed by atoms with Crippen LogP contribution >= 0.6 is 11.3 Å². The molecule has 2 aliphatic rings. The molecular weight excluding hydrogens is 388 g/mol. The van der Waals surface area contributed by atoms with Crippen LogP contribution < -0.4 is 15.0 Å². The Balaban J connectivity index is 1.25. The summed E-state index contributed by atoms with van der Waals surface area (Å²) in [6.45, 7) is 4.10. The minimum Gasteiger partial charge on any atom is -0.480 e. The van der Waals surface area contributed by atoms with Crippen LogP contribution in [-0.4, -0.2) is 60.6 Å². The Kier molecular flexibility index (Phi) is 5.92. The third kappa shape index (κ3) is 4.33. The van der Waals surface area contributed by atoms with Crippen molar-refractivity contribution in [3.05, 3.63) is 28.4 Å². The monoisotopic (exact) mass is 412 g/mol. The van der Waals surface area contributed by atoms with Gasteiger partial charge in [0.25, 0.3) is 0 Å². The van der Waals surface area contributed by atoms with E-state index in [4.69, 9.17) is 4.74 Å². The van der Waals surface area contributed by atoms with Crippen LogP contribution in [0.15, 0.2) is 12.4 Å². The number of aromatic nitrogens is 2. The highest BCUT2D eigenvalue weighted by Crippen LogP contribution is 2.38. The van der Waals surface area contributed by atoms with Crippen LogP contribution in [0.1, 0.15) is 28.8 Å². The van der Waals surface area contributed by atoms with E-state index in [9.17, 15) is 10.1 Å². The molecule has 152 valence electrons. The van der Waals surface area contributed by atoms with Crippen molar-refractivity contribution < 1.29 is 9.53 Å². The lowest BCUT2D eigenvalue weighted by Gasteiger charge is -2.35. The number of hydrogen-bond acceptors (Lipinski definition) is 8. The molecule has 0 aromatic carbocycles. The first-order valence-electron chi connectivity index (χ1n) is 9.85. The van der Waals surface area contributed by atoms with Gasteiger partial charge in [-0.25, -0.2) is 0 Å². The fourth-order valence-corrected chi connectivity index (χ4v) is 5.10. The molecule has 29 heavy (non-hydrogen) atoms. The molecule has 2 aromatic rings. The molecule has 1 fully saturated rings. The zero-order valence-electron chi connectivity index (χ0n) is 16.5. The highest BCUT2D eigenvalue weighted by Gasteiger charge is 2.24. The summed E-state index contributed by atoms with van der Waals surface area (Å²) in [5.74, 6) is 1.30. The summed E-state index contributed by atoms with van der Waals surface area (Å²) in [5.41, 5.74) is 1.81. The highest BCUT2D eigenvalue weighted by molar-refractivity contribution is 7.16. The number of anilines is 2. The maximum atomic E-state index is 12.4. The van der Waals surface area contributed by atoms with Gasteiger partial charge >= 0.3 is 0 Å². The first-order chi connectivity index (χ1) is 14.2. The van der Waals surface area contributed by atoms with Crippen LogP contribution in [0.4, 0.5) is 10.8 Å². The van der Waals surface area contributed by atoms with Crippen LogP contribution in [0.3, 0.4) is 0 Å². The molecule has 2 aromatic heterocycles. The SMILES string of the molecule is COc1cncc(N2CCN(CCC(=O)Nc3sc4c(c3C#N)CCC4)CC2)n1. The molecular formula is C20H24N6O2S. The van der Waals surface area contributed by atoms with Crippen molar-refractivity contribution in [3.63, 3.8) is 0 Å². The van der Waals surface area contributed by atoms with Gasteiger partial charge in [0, 0.05) is 44.0 Å². The Morgan fingerprint density at radius 2 is 2.14 bits per heavy atom. The fraction of sp³-hybridized carbons (Fsp3) is 0.500. The molecule has 1 N–H and O–H groups in total. The van der Waals surface area contributed by atoms with Crippen LogP contribution in [0, 0.1) is 11.3 Å². The number of rotatable bonds is 6. The average Bonchev–Trinajstić information content (AvgIpc) is 3.33. The summed E-state index contributed by atoms with van der Waals surface area (Å²) < 4.78 is 5.14. The lowest BCUT2D eigenvalue weighted by Crippen LogP contribution is -2.47. The van der Waals surface area contributed by atoms with E-state index in [0.717, 1.165) is 61.8 Å². The van der Waals surface area contributed by atoms with Gasteiger partial charge in [-0.3, -0.25) is 14.7 Å². The number of methoxy groups -OCH3 is 1. The zero-order valence-corrected chi connectivity index (χ0v) is 17.3. The number of hydrogen-bond donors (Lipinski definition) is 1. The van der Waals surface area contributed by atoms with Crippen molar-refractivity contribution in [2.24, 2.45) is 0 Å². The third-order valence-electron chi connectivity index (χ3n) is 5.45. The number of thiophene rings is 1. The third-order valence-corrected chi connectivity index (χ3v) is 6.65. The molecule has 0 saturated carbocycles. The summed E-state index contributed by atoms with van der Waals surface area (Å²) in [6, 6.07) is 2.28. The molecule has 0 atom stereocenters. The molecule has 0 radical (unpaired) electrons. The van der Waals surface area contributed by atoms with Crippen molar-refractivity contribution in [2.75, 3.05) is 50.1 Å². The first kappa shape index (κ1) is 19.6. The molecule has 1 aliphatic heterocycles. The van der Waals surface area contributed by atoms with Gasteiger partial charge < -0.3 is 15.0 Å². The minimum atomic E-state index is -0.0254. The number of aryl methyl sites for hydroxylation is 1. The summed E-state index contributed by atoms with van der Waals surface area (Å²) in [5, 5.41) is 13.1. The normalized spacial score (nSPS) is 16.3. The van der Waals surface area contributed by atoms with E-state index < -0.39 is 0 Å². The molecule has 0 unspecified atom stereocenters. The Labute approximate surface area is 174 Å². The number of carbonyl (C=O) groups is 1. The van der Waals surface area contributed by atoms with Gasteiger partial charge in [0.15, 0.2) is 5.82 Å². The summed E-state index contributed by atoms with van der Waals surface area (Å²) >= 11 is 1.57. The highest BCUT2D eigenvalue weighted by atomic mass is 32.1. The minimum absolute atomic E-state index is 0.0254. The molecule has 0 bridgehead atoms. The Morgan fingerprint density at radius 3 is 2.90 bits per heavy atom. The van der Waals surface area contributed by atoms with Crippen molar-refractivity contribution in [2.45, 2.75) is 25.7 Å². The number of piperazine rings is 1. The maximum absolute atomic E-state index is 12.4. The van der Waals surface area contributed by atoms with E-state index in [1.165, 1.54) is 4.88 Å². The molecule has 0 spiro atoms. The van der Waals surface area contributed by atoms with E-state index in [1.54, 1.807) is 30.8 Å². The van der Waals surface area contributed by atoms with Crippen LogP contribution in [0.25, 0.3) is 0 Å². The summed E-state index contributed by atoms with van der Waals surface area (Å²) in [6.07, 6.45) is 6.85. The molecule has 1 saturated heterocycles. The first-order valence-corrected chi connectivity index (χ1v) is 10.7. The van der Waals surface area contributed by atoms with Crippen LogP contribution in [0.2, 0.25) is 0 Å². The number of ether oxygens (including phenoxy) is 1. The second-order valence-corrected chi connectivity index (χ2v) is 8.32. The largest absolute Gasteiger partial charge is 0.480 e. The topological polar surface area (TPSA) is 94.4 Å². The number of amides is 1. The molecule has 3 heterocycles. The smallest absolute Gasteiger partial charge is 0.233 e. The van der Waals surface area contributed by atoms with Crippen molar-refractivity contribution in [1.82, 2.24) is 14.9 Å². The molecule has 1 aliphatic carbocycles. The Hall–Kier alpha value is -2.70. The van der Waals surface area contributed by atoms with Gasteiger partial charge in [-0.05, 0) is 24.8 Å². The van der Waals surface area contributed by atoms with Gasteiger partial charge in [0.1, 0.15) is 11.1 Å². The molecule has 4 rings (SSSR count). The fourth-order valence-electron chi connectivity index (χ4n) is 3.85. The van der Waals surface area contributed by atoms with Gasteiger partial charge in [-0.15, -0.1) is 11.3 Å². The van der Waals surface area contributed by atoms with Crippen LogP contribution in [-0.2, 0) is 17.6 Å². The van der Waals surface area contributed by atoms with Crippen LogP contribution in [0.5, 0.6) is 5.88 Å². The molecule has 1 amide bonds. The predicted molar refractivity (Wildman–Crippen MR) is 112 cm³/mol. The Morgan fingerprint density at radius 1 is 1.31 bits per heavy atom.